The number of urea groups is 1. The minimum absolute atomic E-state index is 0.0159. The molecule has 0 aliphatic carbocycles. The topological polar surface area (TPSA) is 174 Å². The summed E-state index contributed by atoms with van der Waals surface area (Å²) in [4.78, 5) is 69.8. The molecular weight excluding hydrogens is 741 g/mol. The molecule has 1 aliphatic heterocycles. The molecule has 55 heavy (non-hydrogen) atoms. The van der Waals surface area contributed by atoms with Crippen molar-refractivity contribution in [3.8, 4) is 12.3 Å². The second-order valence-electron chi connectivity index (χ2n) is 16.3. The zero-order valence-electron chi connectivity index (χ0n) is 33.9. The van der Waals surface area contributed by atoms with Gasteiger partial charge in [0.25, 0.3) is 11.7 Å². The highest BCUT2D eigenvalue weighted by Crippen LogP contribution is 2.34. The van der Waals surface area contributed by atoms with Crippen molar-refractivity contribution in [2.45, 2.75) is 109 Å². The van der Waals surface area contributed by atoms with Crippen LogP contribution in [0.15, 0.2) is 47.9 Å². The Kier molecular flexibility index (Phi) is 17.9. The molecule has 4 N–H and O–H groups in total. The number of Topliss-reactive ketones (excluding diaryl/α,β-unsaturated/α-hetero) is 1. The molecule has 0 bridgehead atoms. The lowest BCUT2D eigenvalue weighted by molar-refractivity contribution is -0.144. The number of hydrogen-bond donors (Lipinski definition) is 4. The van der Waals surface area contributed by atoms with Crippen LogP contribution in [0.1, 0.15) is 81.1 Å². The molecule has 306 valence electrons. The predicted molar refractivity (Wildman–Crippen MR) is 218 cm³/mol. The van der Waals surface area contributed by atoms with E-state index in [0.717, 1.165) is 18.2 Å². The van der Waals surface area contributed by atoms with E-state index in [-0.39, 0.29) is 36.4 Å². The molecule has 1 fully saturated rings. The molecular formula is C40H62N6O7S2. The van der Waals surface area contributed by atoms with E-state index in [1.165, 1.54) is 34.5 Å². The number of unbranched alkanes of at least 4 members (excludes halogenated alkanes) is 2. The summed E-state index contributed by atoms with van der Waals surface area (Å²) in [6.07, 6.45) is 9.27. The molecule has 0 radical (unpaired) electrons. The Morgan fingerprint density at radius 1 is 1.02 bits per heavy atom. The number of hydrogen-bond acceptors (Lipinski definition) is 8. The third kappa shape index (κ3) is 13.4. The van der Waals surface area contributed by atoms with Gasteiger partial charge in [0.15, 0.2) is 0 Å². The van der Waals surface area contributed by atoms with E-state index >= 15 is 0 Å². The first kappa shape index (κ1) is 47.3. The number of likely N-dealkylation sites (N-methyl/N-ethyl adjacent to an activating group) is 1. The Balaban J connectivity index is 2.34. The Labute approximate surface area is 333 Å². The smallest absolute Gasteiger partial charge is 0.315 e. The monoisotopic (exact) mass is 802 g/mol. The average Bonchev–Trinajstić information content (AvgIpc) is 3.57. The zero-order chi connectivity index (χ0) is 41.7. The molecule has 1 aromatic carbocycles. The van der Waals surface area contributed by atoms with E-state index in [0.29, 0.717) is 25.0 Å². The molecule has 1 aromatic rings. The van der Waals surface area contributed by atoms with Gasteiger partial charge < -0.3 is 26.2 Å². The fourth-order valence-corrected chi connectivity index (χ4v) is 9.11. The highest BCUT2D eigenvalue weighted by Gasteiger charge is 2.48. The summed E-state index contributed by atoms with van der Waals surface area (Å²) in [6.45, 7) is 18.8. The summed E-state index contributed by atoms with van der Waals surface area (Å²) in [5.41, 5.74) is -1.39. The van der Waals surface area contributed by atoms with Crippen molar-refractivity contribution in [2.75, 3.05) is 32.4 Å². The summed E-state index contributed by atoms with van der Waals surface area (Å²) in [5, 5.41) is 9.67. The Morgan fingerprint density at radius 3 is 2.20 bits per heavy atom. The summed E-state index contributed by atoms with van der Waals surface area (Å²) in [6, 6.07) is 4.66. The Bertz CT molecular complexity index is 1650. The van der Waals surface area contributed by atoms with Gasteiger partial charge in [-0.1, -0.05) is 79.7 Å². The molecule has 0 aromatic heterocycles. The van der Waals surface area contributed by atoms with Crippen molar-refractivity contribution in [3.63, 3.8) is 0 Å². The van der Waals surface area contributed by atoms with Crippen molar-refractivity contribution in [2.24, 2.45) is 22.7 Å². The van der Waals surface area contributed by atoms with Gasteiger partial charge in [0.2, 0.25) is 21.8 Å². The Hall–Kier alpha value is -3.87. The quantitative estimate of drug-likeness (QED) is 0.0531. The molecule has 2 rings (SSSR count). The van der Waals surface area contributed by atoms with Crippen molar-refractivity contribution in [1.29, 1.82) is 0 Å². The van der Waals surface area contributed by atoms with Gasteiger partial charge in [0.05, 0.1) is 4.90 Å². The van der Waals surface area contributed by atoms with Gasteiger partial charge in [0.1, 0.15) is 17.5 Å². The summed E-state index contributed by atoms with van der Waals surface area (Å²) >= 11 is 1.13. The van der Waals surface area contributed by atoms with E-state index in [1.54, 1.807) is 39.0 Å². The van der Waals surface area contributed by atoms with Crippen LogP contribution in [-0.2, 0) is 29.2 Å². The minimum Gasteiger partial charge on any atom is -0.346 e. The van der Waals surface area contributed by atoms with Crippen molar-refractivity contribution < 1.29 is 32.4 Å². The van der Waals surface area contributed by atoms with Crippen LogP contribution in [0.4, 0.5) is 4.79 Å². The number of thioether (sulfide) groups is 1. The van der Waals surface area contributed by atoms with Crippen LogP contribution in [0.2, 0.25) is 0 Å². The van der Waals surface area contributed by atoms with Crippen LogP contribution in [0, 0.1) is 35.0 Å². The van der Waals surface area contributed by atoms with Crippen LogP contribution in [0.5, 0.6) is 0 Å². The number of nitrogens with one attached hydrogen (secondary N) is 4. The molecule has 0 spiro atoms. The number of likely N-dealkylation sites (tertiary alicyclic amines) is 1. The number of benzene rings is 1. The molecule has 2 unspecified atom stereocenters. The van der Waals surface area contributed by atoms with E-state index in [9.17, 15) is 32.4 Å². The maximum Gasteiger partial charge on any atom is 0.315 e. The van der Waals surface area contributed by atoms with Gasteiger partial charge in [0, 0.05) is 39.1 Å². The molecule has 13 nitrogen and oxygen atoms in total. The second-order valence-corrected chi connectivity index (χ2v) is 19.5. The molecule has 5 atom stereocenters. The van der Waals surface area contributed by atoms with Crippen LogP contribution in [-0.4, -0.2) is 103 Å². The summed E-state index contributed by atoms with van der Waals surface area (Å²) in [7, 11) is -2.41. The summed E-state index contributed by atoms with van der Waals surface area (Å²) in [5.74, 6) is 0.0288. The Morgan fingerprint density at radius 2 is 1.65 bits per heavy atom. The lowest BCUT2D eigenvalue weighted by Gasteiger charge is -2.38. The molecule has 1 aliphatic rings. The largest absolute Gasteiger partial charge is 0.346 e. The van der Waals surface area contributed by atoms with Crippen molar-refractivity contribution in [3.05, 3.63) is 43.0 Å². The number of carbonyl (C=O) groups excluding carboxylic acids is 5. The fraction of sp³-hybridized carbons (Fsp3) is 0.625. The number of carbonyl (C=O) groups is 5. The van der Waals surface area contributed by atoms with E-state index in [2.05, 4.69) is 33.8 Å². The molecule has 15 heteroatoms. The highest BCUT2D eigenvalue weighted by atomic mass is 32.2. The number of nitrogens with zero attached hydrogens (tertiary/aromatic N) is 2. The van der Waals surface area contributed by atoms with E-state index < -0.39 is 73.9 Å². The third-order valence-corrected chi connectivity index (χ3v) is 12.8. The number of ketones is 1. The van der Waals surface area contributed by atoms with Gasteiger partial charge in [-0.25, -0.2) is 13.2 Å². The fourth-order valence-electron chi connectivity index (χ4n) is 6.49. The highest BCUT2D eigenvalue weighted by molar-refractivity contribution is 8.00. The average molecular weight is 803 g/mol. The molecule has 0 saturated carbocycles. The van der Waals surface area contributed by atoms with Gasteiger partial charge in [-0.15, -0.1) is 30.7 Å². The molecule has 5 amide bonds. The first-order valence-corrected chi connectivity index (χ1v) is 21.2. The van der Waals surface area contributed by atoms with Crippen molar-refractivity contribution in [1.82, 2.24) is 30.5 Å². The summed E-state index contributed by atoms with van der Waals surface area (Å²) < 4.78 is 28.3. The van der Waals surface area contributed by atoms with Crippen LogP contribution < -0.4 is 21.3 Å². The number of sulfonamides is 1. The second kappa shape index (κ2) is 20.9. The predicted octanol–water partition coefficient (Wildman–Crippen LogP) is 4.16. The van der Waals surface area contributed by atoms with Gasteiger partial charge >= 0.3 is 6.03 Å². The normalized spacial score (nSPS) is 17.8. The van der Waals surface area contributed by atoms with Gasteiger partial charge in [-0.05, 0) is 59.8 Å². The standard InChI is InChI=1S/C40H62N6O7S2/c1-12-14-15-19-25-54-36(32(47)35(49)41-23-13-2)44-34(48)31-29(27(3)4)22-24-46(31)37(50)33(40(8,9)10)43-38(51)42-26-30(39(5,6)7)45(11)55(52,53)28-20-17-16-18-21-28/h1,13,16-18,20-21,27,29-31,33,36H,2,14-15,19,22-26H2,3-11H3,(H,41,49)(H,44,48)(H2,42,43,51)/t29?,30-,31+,33-,36?/m1/s1. The van der Waals surface area contributed by atoms with Crippen LogP contribution >= 0.6 is 11.8 Å². The zero-order valence-corrected chi connectivity index (χ0v) is 35.6. The van der Waals surface area contributed by atoms with Crippen LogP contribution in [0.3, 0.4) is 0 Å². The maximum absolute atomic E-state index is 14.5. The number of terminal acetylenes is 1. The lowest BCUT2D eigenvalue weighted by Crippen LogP contribution is -2.61. The third-order valence-electron chi connectivity index (χ3n) is 9.70. The number of rotatable bonds is 19. The molecule has 1 saturated heterocycles. The lowest BCUT2D eigenvalue weighted by atomic mass is 9.84. The molecule has 1 heterocycles. The van der Waals surface area contributed by atoms with E-state index in [4.69, 9.17) is 6.42 Å². The minimum atomic E-state index is -3.89. The first-order valence-electron chi connectivity index (χ1n) is 18.8. The van der Waals surface area contributed by atoms with E-state index in [1.807, 2.05) is 34.6 Å². The van der Waals surface area contributed by atoms with Gasteiger partial charge in [-0.3, -0.25) is 19.2 Å². The van der Waals surface area contributed by atoms with Gasteiger partial charge in [-0.2, -0.15) is 4.31 Å². The first-order chi connectivity index (χ1) is 25.6. The number of amides is 5. The SMILES string of the molecule is C#CCCCCSC(NC(=O)[C@@H]1C(C(C)C)CCN1C(=O)[C@@H](NC(=O)NC[C@@H](N(C)S(=O)(=O)c1ccccc1)C(C)(C)C)C(C)(C)C)C(=O)C(=O)NCC=C. The van der Waals surface area contributed by atoms with Crippen molar-refractivity contribution >= 4 is 51.3 Å². The van der Waals surface area contributed by atoms with Crippen LogP contribution in [0.25, 0.3) is 0 Å². The maximum atomic E-state index is 14.5.